The van der Waals surface area contributed by atoms with E-state index in [-0.39, 0.29) is 11.1 Å². The van der Waals surface area contributed by atoms with Crippen molar-refractivity contribution in [3.8, 4) is 0 Å². The molecule has 0 N–H and O–H groups in total. The maximum absolute atomic E-state index is 12.7. The standard InChI is InChI=1S/C15H24ClN3O/c1-15(2,3)19-11-9-17-13(14(19)20)18(10-5-8-16)12-6-4-7-12/h9,11-12H,4-8,10H2,1-3H3. The van der Waals surface area contributed by atoms with Crippen LogP contribution in [0.15, 0.2) is 17.2 Å². The predicted molar refractivity (Wildman–Crippen MR) is 83.8 cm³/mol. The van der Waals surface area contributed by atoms with E-state index in [2.05, 4.69) is 9.88 Å². The van der Waals surface area contributed by atoms with Gasteiger partial charge in [0, 0.05) is 36.4 Å². The van der Waals surface area contributed by atoms with Crippen LogP contribution in [-0.2, 0) is 5.54 Å². The SMILES string of the molecule is CC(C)(C)n1ccnc(N(CCCCl)C2CCC2)c1=O. The fourth-order valence-corrected chi connectivity index (χ4v) is 2.64. The molecular weight excluding hydrogens is 274 g/mol. The van der Waals surface area contributed by atoms with Crippen LogP contribution < -0.4 is 10.5 Å². The molecule has 0 saturated heterocycles. The first-order valence-electron chi connectivity index (χ1n) is 7.36. The second-order valence-electron chi connectivity index (χ2n) is 6.42. The van der Waals surface area contributed by atoms with E-state index < -0.39 is 0 Å². The lowest BCUT2D eigenvalue weighted by molar-refractivity contribution is 0.367. The lowest BCUT2D eigenvalue weighted by Gasteiger charge is -2.38. The van der Waals surface area contributed by atoms with Crippen LogP contribution >= 0.6 is 11.6 Å². The highest BCUT2D eigenvalue weighted by molar-refractivity contribution is 6.17. The van der Waals surface area contributed by atoms with Crippen molar-refractivity contribution in [2.45, 2.75) is 58.0 Å². The molecule has 5 heteroatoms. The quantitative estimate of drug-likeness (QED) is 0.784. The molecule has 0 radical (unpaired) electrons. The molecule has 1 aromatic heterocycles. The first-order valence-corrected chi connectivity index (χ1v) is 7.89. The highest BCUT2D eigenvalue weighted by Gasteiger charge is 2.28. The first kappa shape index (κ1) is 15.4. The van der Waals surface area contributed by atoms with Crippen LogP contribution in [0.2, 0.25) is 0 Å². The van der Waals surface area contributed by atoms with Gasteiger partial charge in [-0.1, -0.05) is 0 Å². The Morgan fingerprint density at radius 1 is 1.45 bits per heavy atom. The normalized spacial score (nSPS) is 16.0. The Kier molecular flexibility index (Phi) is 4.74. The summed E-state index contributed by atoms with van der Waals surface area (Å²) in [6.07, 6.45) is 7.91. The monoisotopic (exact) mass is 297 g/mol. The number of aromatic nitrogens is 2. The van der Waals surface area contributed by atoms with E-state index in [1.54, 1.807) is 17.0 Å². The summed E-state index contributed by atoms with van der Waals surface area (Å²) in [6.45, 7) is 6.91. The molecule has 0 amide bonds. The molecule has 0 unspecified atom stereocenters. The third-order valence-corrected chi connectivity index (χ3v) is 4.13. The molecule has 1 saturated carbocycles. The van der Waals surface area contributed by atoms with Gasteiger partial charge in [0.15, 0.2) is 5.82 Å². The molecule has 0 atom stereocenters. The van der Waals surface area contributed by atoms with Crippen molar-refractivity contribution in [3.63, 3.8) is 0 Å². The van der Waals surface area contributed by atoms with E-state index in [1.165, 1.54) is 6.42 Å². The summed E-state index contributed by atoms with van der Waals surface area (Å²) in [5.41, 5.74) is -0.228. The maximum atomic E-state index is 12.7. The van der Waals surface area contributed by atoms with Crippen LogP contribution in [0.3, 0.4) is 0 Å². The Morgan fingerprint density at radius 3 is 2.65 bits per heavy atom. The van der Waals surface area contributed by atoms with Gasteiger partial charge in [-0.15, -0.1) is 11.6 Å². The van der Waals surface area contributed by atoms with Crippen molar-refractivity contribution in [3.05, 3.63) is 22.7 Å². The van der Waals surface area contributed by atoms with Crippen LogP contribution in [0, 0.1) is 0 Å². The highest BCUT2D eigenvalue weighted by Crippen LogP contribution is 2.27. The average molecular weight is 298 g/mol. The Labute approximate surface area is 125 Å². The van der Waals surface area contributed by atoms with Gasteiger partial charge in [0.25, 0.3) is 5.56 Å². The number of rotatable bonds is 5. The zero-order valence-electron chi connectivity index (χ0n) is 12.6. The van der Waals surface area contributed by atoms with Crippen molar-refractivity contribution in [1.29, 1.82) is 0 Å². The van der Waals surface area contributed by atoms with Crippen LogP contribution in [-0.4, -0.2) is 28.0 Å². The second kappa shape index (κ2) is 6.17. The minimum absolute atomic E-state index is 0.00136. The van der Waals surface area contributed by atoms with Crippen LogP contribution in [0.25, 0.3) is 0 Å². The Bertz CT molecular complexity index is 503. The van der Waals surface area contributed by atoms with Gasteiger partial charge < -0.3 is 9.47 Å². The summed E-state index contributed by atoms with van der Waals surface area (Å²) in [6, 6.07) is 0.453. The van der Waals surface area contributed by atoms with Crippen molar-refractivity contribution in [2.24, 2.45) is 0 Å². The van der Waals surface area contributed by atoms with Gasteiger partial charge in [0.2, 0.25) is 0 Å². The van der Waals surface area contributed by atoms with E-state index >= 15 is 0 Å². The topological polar surface area (TPSA) is 38.1 Å². The zero-order chi connectivity index (χ0) is 14.8. The fourth-order valence-electron chi connectivity index (χ4n) is 2.52. The van der Waals surface area contributed by atoms with Crippen LogP contribution in [0.1, 0.15) is 46.5 Å². The fraction of sp³-hybridized carbons (Fsp3) is 0.733. The van der Waals surface area contributed by atoms with E-state index in [0.29, 0.717) is 17.7 Å². The van der Waals surface area contributed by atoms with Crippen molar-refractivity contribution < 1.29 is 0 Å². The molecule has 1 heterocycles. The highest BCUT2D eigenvalue weighted by atomic mass is 35.5. The third-order valence-electron chi connectivity index (χ3n) is 3.87. The number of nitrogens with zero attached hydrogens (tertiary/aromatic N) is 3. The molecule has 1 aliphatic carbocycles. The van der Waals surface area contributed by atoms with Crippen molar-refractivity contribution in [2.75, 3.05) is 17.3 Å². The van der Waals surface area contributed by atoms with Gasteiger partial charge >= 0.3 is 0 Å². The number of alkyl halides is 1. The molecular formula is C15H24ClN3O. The number of hydrogen-bond donors (Lipinski definition) is 0. The molecule has 0 spiro atoms. The first-order chi connectivity index (χ1) is 9.45. The summed E-state index contributed by atoms with van der Waals surface area (Å²) in [5.74, 6) is 1.20. The molecule has 0 bridgehead atoms. The molecule has 2 rings (SSSR count). The van der Waals surface area contributed by atoms with Gasteiger partial charge in [0.1, 0.15) is 0 Å². The largest absolute Gasteiger partial charge is 0.349 e. The molecule has 0 aromatic carbocycles. The van der Waals surface area contributed by atoms with E-state index in [0.717, 1.165) is 25.8 Å². The second-order valence-corrected chi connectivity index (χ2v) is 6.80. The summed E-state index contributed by atoms with van der Waals surface area (Å²) in [5, 5.41) is 0. The van der Waals surface area contributed by atoms with Gasteiger partial charge in [-0.2, -0.15) is 0 Å². The van der Waals surface area contributed by atoms with Crippen LogP contribution in [0.4, 0.5) is 5.82 Å². The van der Waals surface area contributed by atoms with E-state index in [9.17, 15) is 4.79 Å². The Hall–Kier alpha value is -1.03. The molecule has 112 valence electrons. The number of halogens is 1. The summed E-state index contributed by atoms with van der Waals surface area (Å²) in [4.78, 5) is 19.2. The predicted octanol–water partition coefficient (Wildman–Crippen LogP) is 2.99. The average Bonchev–Trinajstić information content (AvgIpc) is 2.31. The van der Waals surface area contributed by atoms with Crippen molar-refractivity contribution in [1.82, 2.24) is 9.55 Å². The molecule has 1 fully saturated rings. The molecule has 20 heavy (non-hydrogen) atoms. The minimum atomic E-state index is -0.230. The maximum Gasteiger partial charge on any atom is 0.293 e. The van der Waals surface area contributed by atoms with E-state index in [4.69, 9.17) is 11.6 Å². The minimum Gasteiger partial charge on any atom is -0.349 e. The number of anilines is 1. The van der Waals surface area contributed by atoms with Gasteiger partial charge in [-0.05, 0) is 46.5 Å². The van der Waals surface area contributed by atoms with Crippen molar-refractivity contribution >= 4 is 17.4 Å². The van der Waals surface area contributed by atoms with Gasteiger partial charge in [-0.25, -0.2) is 4.98 Å². The van der Waals surface area contributed by atoms with Crippen LogP contribution in [0.5, 0.6) is 0 Å². The lowest BCUT2D eigenvalue weighted by Crippen LogP contribution is -2.46. The summed E-state index contributed by atoms with van der Waals surface area (Å²) >= 11 is 5.81. The molecule has 1 aliphatic rings. The van der Waals surface area contributed by atoms with Gasteiger partial charge in [-0.3, -0.25) is 4.79 Å². The Balaban J connectivity index is 2.35. The van der Waals surface area contributed by atoms with E-state index in [1.807, 2.05) is 20.8 Å². The molecule has 0 aliphatic heterocycles. The lowest BCUT2D eigenvalue weighted by atomic mass is 9.91. The Morgan fingerprint density at radius 2 is 2.15 bits per heavy atom. The third kappa shape index (κ3) is 3.17. The molecule has 1 aromatic rings. The number of hydrogen-bond acceptors (Lipinski definition) is 3. The molecule has 4 nitrogen and oxygen atoms in total. The smallest absolute Gasteiger partial charge is 0.293 e. The zero-order valence-corrected chi connectivity index (χ0v) is 13.4. The summed E-state index contributed by atoms with van der Waals surface area (Å²) in [7, 11) is 0. The van der Waals surface area contributed by atoms with Gasteiger partial charge in [0.05, 0.1) is 0 Å². The summed E-state index contributed by atoms with van der Waals surface area (Å²) < 4.78 is 1.77.